The van der Waals surface area contributed by atoms with Gasteiger partial charge in [-0.1, -0.05) is 0 Å². The van der Waals surface area contributed by atoms with Gasteiger partial charge in [0.2, 0.25) is 0 Å². The van der Waals surface area contributed by atoms with E-state index in [-0.39, 0.29) is 30.1 Å². The molecule has 8 nitrogen and oxygen atoms in total. The minimum Gasteiger partial charge on any atom is -0.450 e. The van der Waals surface area contributed by atoms with Crippen molar-refractivity contribution in [3.63, 3.8) is 0 Å². The first-order valence-corrected chi connectivity index (χ1v) is 9.00. The number of unbranched alkanes of at least 4 members (excludes halogenated alkanes) is 1. The molecule has 1 aromatic heterocycles. The van der Waals surface area contributed by atoms with Crippen LogP contribution < -0.4 is 5.32 Å². The molecule has 0 radical (unpaired) electrons. The van der Waals surface area contributed by atoms with E-state index in [1.165, 1.54) is 0 Å². The molecule has 2 heterocycles. The van der Waals surface area contributed by atoms with Crippen LogP contribution in [0.4, 0.5) is 4.79 Å². The summed E-state index contributed by atoms with van der Waals surface area (Å²) in [4.78, 5) is 24.3. The van der Waals surface area contributed by atoms with Crippen molar-refractivity contribution < 1.29 is 9.53 Å². The zero-order chi connectivity index (χ0) is 18.1. The number of hydrogen-bond acceptors (Lipinski definition) is 4. The van der Waals surface area contributed by atoms with Crippen molar-refractivity contribution in [1.82, 2.24) is 24.7 Å². The van der Waals surface area contributed by atoms with Crippen molar-refractivity contribution in [2.45, 2.75) is 33.2 Å². The lowest BCUT2D eigenvalue weighted by atomic mass is 10.3. The number of piperazine rings is 1. The first-order chi connectivity index (χ1) is 12.2. The number of carbonyl (C=O) groups is 1. The predicted molar refractivity (Wildman–Crippen MR) is 113 cm³/mol. The largest absolute Gasteiger partial charge is 0.450 e. The van der Waals surface area contributed by atoms with Gasteiger partial charge in [0.15, 0.2) is 5.96 Å². The number of rotatable bonds is 6. The van der Waals surface area contributed by atoms with Gasteiger partial charge >= 0.3 is 6.09 Å². The van der Waals surface area contributed by atoms with Gasteiger partial charge in [-0.05, 0) is 26.7 Å². The summed E-state index contributed by atoms with van der Waals surface area (Å²) >= 11 is 0. The number of imidazole rings is 1. The Hall–Kier alpha value is -1.52. The van der Waals surface area contributed by atoms with Crippen LogP contribution in [-0.2, 0) is 11.3 Å². The monoisotopic (exact) mass is 478 g/mol. The van der Waals surface area contributed by atoms with E-state index in [4.69, 9.17) is 4.74 Å². The minimum atomic E-state index is -0.222. The zero-order valence-electron chi connectivity index (χ0n) is 16.0. The number of halogens is 1. The van der Waals surface area contributed by atoms with Gasteiger partial charge in [0.25, 0.3) is 0 Å². The molecule has 1 aliphatic heterocycles. The van der Waals surface area contributed by atoms with Crippen LogP contribution in [0.2, 0.25) is 0 Å². The SMILES string of the molecule is CCOC(=O)N1CCN(C(=NC)NCCCCn2ccnc2C)CC1.I. The van der Waals surface area contributed by atoms with Crippen LogP contribution >= 0.6 is 24.0 Å². The molecule has 0 aromatic carbocycles. The Balaban J connectivity index is 0.00000338. The van der Waals surface area contributed by atoms with Gasteiger partial charge in [0.05, 0.1) is 6.61 Å². The number of amides is 1. The summed E-state index contributed by atoms with van der Waals surface area (Å²) in [6, 6.07) is 0. The van der Waals surface area contributed by atoms with Crippen LogP contribution in [0.5, 0.6) is 0 Å². The molecular weight excluding hydrogens is 447 g/mol. The Morgan fingerprint density at radius 2 is 1.96 bits per heavy atom. The number of hydrogen-bond donors (Lipinski definition) is 1. The Morgan fingerprint density at radius 3 is 2.54 bits per heavy atom. The number of ether oxygens (including phenoxy) is 1. The highest BCUT2D eigenvalue weighted by Crippen LogP contribution is 2.05. The van der Waals surface area contributed by atoms with Crippen LogP contribution in [0.3, 0.4) is 0 Å². The van der Waals surface area contributed by atoms with Crippen LogP contribution in [0.15, 0.2) is 17.4 Å². The highest BCUT2D eigenvalue weighted by molar-refractivity contribution is 14.0. The molecule has 1 amide bonds. The molecule has 0 aliphatic carbocycles. The molecule has 148 valence electrons. The van der Waals surface area contributed by atoms with E-state index in [0.717, 1.165) is 50.8 Å². The van der Waals surface area contributed by atoms with E-state index in [9.17, 15) is 4.79 Å². The number of carbonyl (C=O) groups excluding carboxylic acids is 1. The lowest BCUT2D eigenvalue weighted by Crippen LogP contribution is -2.54. The van der Waals surface area contributed by atoms with Gasteiger partial charge < -0.3 is 24.4 Å². The second-order valence-corrected chi connectivity index (χ2v) is 6.02. The van der Waals surface area contributed by atoms with Crippen molar-refractivity contribution in [3.05, 3.63) is 18.2 Å². The molecular formula is C17H31IN6O2. The zero-order valence-corrected chi connectivity index (χ0v) is 18.3. The number of nitrogens with zero attached hydrogens (tertiary/aromatic N) is 5. The summed E-state index contributed by atoms with van der Waals surface area (Å²) < 4.78 is 7.22. The van der Waals surface area contributed by atoms with Gasteiger partial charge in [0.1, 0.15) is 5.82 Å². The molecule has 1 fully saturated rings. The molecule has 9 heteroatoms. The molecule has 1 N–H and O–H groups in total. The van der Waals surface area contributed by atoms with E-state index >= 15 is 0 Å². The smallest absolute Gasteiger partial charge is 0.409 e. The van der Waals surface area contributed by atoms with Crippen molar-refractivity contribution >= 4 is 36.0 Å². The summed E-state index contributed by atoms with van der Waals surface area (Å²) in [6.45, 7) is 9.02. The predicted octanol–water partition coefficient (Wildman–Crippen LogP) is 1.94. The Kier molecular flexibility index (Phi) is 10.4. The maximum atomic E-state index is 11.7. The maximum Gasteiger partial charge on any atom is 0.409 e. The fourth-order valence-corrected chi connectivity index (χ4v) is 2.90. The summed E-state index contributed by atoms with van der Waals surface area (Å²) in [6.07, 6.45) is 5.80. The third kappa shape index (κ3) is 6.65. The molecule has 1 aliphatic rings. The second-order valence-electron chi connectivity index (χ2n) is 6.02. The number of guanidine groups is 1. The van der Waals surface area contributed by atoms with Gasteiger partial charge in [-0.3, -0.25) is 4.99 Å². The number of aromatic nitrogens is 2. The standard InChI is InChI=1S/C17H30N6O2.HI/c1-4-25-17(24)23-13-11-22(12-14-23)16(18-3)20-7-5-6-9-21-10-8-19-15(21)2;/h8,10H,4-7,9,11-14H2,1-3H3,(H,18,20);1H. The van der Waals surface area contributed by atoms with Crippen molar-refractivity contribution in [3.8, 4) is 0 Å². The highest BCUT2D eigenvalue weighted by Gasteiger charge is 2.23. The number of nitrogens with one attached hydrogen (secondary N) is 1. The molecule has 0 bridgehead atoms. The van der Waals surface area contributed by atoms with E-state index in [1.54, 1.807) is 11.9 Å². The summed E-state index contributed by atoms with van der Waals surface area (Å²) in [5.74, 6) is 1.96. The Labute approximate surface area is 173 Å². The van der Waals surface area contributed by atoms with Crippen LogP contribution in [-0.4, -0.2) is 77.8 Å². The maximum absolute atomic E-state index is 11.7. The Bertz CT molecular complexity index is 569. The minimum absolute atomic E-state index is 0. The fourth-order valence-electron chi connectivity index (χ4n) is 2.90. The van der Waals surface area contributed by atoms with E-state index < -0.39 is 0 Å². The average Bonchev–Trinajstić information content (AvgIpc) is 3.03. The Morgan fingerprint density at radius 1 is 1.27 bits per heavy atom. The molecule has 2 rings (SSSR count). The van der Waals surface area contributed by atoms with Crippen molar-refractivity contribution in [1.29, 1.82) is 0 Å². The van der Waals surface area contributed by atoms with Crippen LogP contribution in [0.1, 0.15) is 25.6 Å². The topological polar surface area (TPSA) is 75.0 Å². The first-order valence-electron chi connectivity index (χ1n) is 9.00. The van der Waals surface area contributed by atoms with Gasteiger partial charge in [-0.15, -0.1) is 24.0 Å². The molecule has 1 saturated heterocycles. The third-order valence-electron chi connectivity index (χ3n) is 4.35. The highest BCUT2D eigenvalue weighted by atomic mass is 127. The van der Waals surface area contributed by atoms with E-state index in [2.05, 4.69) is 24.8 Å². The quantitative estimate of drug-likeness (QED) is 0.293. The summed E-state index contributed by atoms with van der Waals surface area (Å²) in [5, 5.41) is 3.42. The van der Waals surface area contributed by atoms with E-state index in [1.807, 2.05) is 26.2 Å². The third-order valence-corrected chi connectivity index (χ3v) is 4.35. The van der Waals surface area contributed by atoms with Crippen LogP contribution in [0.25, 0.3) is 0 Å². The van der Waals surface area contributed by atoms with Gasteiger partial charge in [-0.2, -0.15) is 0 Å². The van der Waals surface area contributed by atoms with Gasteiger partial charge in [0, 0.05) is 58.7 Å². The first kappa shape index (κ1) is 22.5. The van der Waals surface area contributed by atoms with Crippen LogP contribution in [0, 0.1) is 6.92 Å². The number of aliphatic imine (C=N–C) groups is 1. The molecule has 0 saturated carbocycles. The normalized spacial score (nSPS) is 14.8. The molecule has 26 heavy (non-hydrogen) atoms. The fraction of sp³-hybridized carbons (Fsp3) is 0.706. The molecule has 0 atom stereocenters. The van der Waals surface area contributed by atoms with E-state index in [0.29, 0.717) is 19.7 Å². The van der Waals surface area contributed by atoms with Crippen molar-refractivity contribution in [2.75, 3.05) is 46.4 Å². The summed E-state index contributed by atoms with van der Waals surface area (Å²) in [7, 11) is 1.80. The summed E-state index contributed by atoms with van der Waals surface area (Å²) in [5.41, 5.74) is 0. The number of aryl methyl sites for hydroxylation is 2. The average molecular weight is 478 g/mol. The lowest BCUT2D eigenvalue weighted by molar-refractivity contribution is 0.0914. The molecule has 0 spiro atoms. The molecule has 0 unspecified atom stereocenters. The van der Waals surface area contributed by atoms with Gasteiger partial charge in [-0.25, -0.2) is 9.78 Å². The lowest BCUT2D eigenvalue weighted by Gasteiger charge is -2.35. The van der Waals surface area contributed by atoms with Crippen molar-refractivity contribution in [2.24, 2.45) is 4.99 Å². The second kappa shape index (κ2) is 12.0. The molecule has 1 aromatic rings.